The highest BCUT2D eigenvalue weighted by Crippen LogP contribution is 2.23. The number of rotatable bonds is 8. The Morgan fingerprint density at radius 2 is 2.24 bits per heavy atom. The van der Waals surface area contributed by atoms with Gasteiger partial charge in [-0.05, 0) is 54.5 Å². The molecule has 0 amide bonds. The molecule has 118 valence electrons. The topological polar surface area (TPSA) is 58.2 Å². The van der Waals surface area contributed by atoms with Gasteiger partial charge in [0.25, 0.3) is 0 Å². The monoisotopic (exact) mass is 328 g/mol. The first-order chi connectivity index (χ1) is 10.1. The third-order valence-corrected chi connectivity index (χ3v) is 6.20. The van der Waals surface area contributed by atoms with Crippen LogP contribution < -0.4 is 10.0 Å². The van der Waals surface area contributed by atoms with Crippen molar-refractivity contribution in [2.75, 3.05) is 24.6 Å². The minimum Gasteiger partial charge on any atom is -0.313 e. The maximum atomic E-state index is 12.3. The minimum absolute atomic E-state index is 0.365. The van der Waals surface area contributed by atoms with Gasteiger partial charge in [-0.15, -0.1) is 0 Å². The number of sulfonamides is 1. The van der Waals surface area contributed by atoms with Crippen LogP contribution in [0.3, 0.4) is 0 Å². The molecule has 0 aliphatic carbocycles. The van der Waals surface area contributed by atoms with E-state index in [4.69, 9.17) is 0 Å². The molecule has 0 radical (unpaired) electrons. The van der Waals surface area contributed by atoms with E-state index in [-0.39, 0.29) is 0 Å². The van der Waals surface area contributed by atoms with Gasteiger partial charge in [0.05, 0.1) is 4.90 Å². The van der Waals surface area contributed by atoms with E-state index in [1.165, 1.54) is 0 Å². The van der Waals surface area contributed by atoms with Gasteiger partial charge in [-0.2, -0.15) is 11.8 Å². The highest BCUT2D eigenvalue weighted by molar-refractivity contribution is 7.99. The SMILES string of the molecule is CCCNCc1cccc(S(=O)(=O)NCC2CCSC2)c1. The molecular formula is C15H24N2O2S2. The first kappa shape index (κ1) is 16.8. The Labute approximate surface area is 132 Å². The average molecular weight is 329 g/mol. The molecule has 1 unspecified atom stereocenters. The van der Waals surface area contributed by atoms with Gasteiger partial charge in [0.1, 0.15) is 0 Å². The minimum atomic E-state index is -3.39. The maximum absolute atomic E-state index is 12.3. The zero-order valence-corrected chi connectivity index (χ0v) is 14.1. The van der Waals surface area contributed by atoms with E-state index in [1.807, 2.05) is 23.9 Å². The smallest absolute Gasteiger partial charge is 0.240 e. The molecule has 0 spiro atoms. The van der Waals surface area contributed by atoms with Crippen molar-refractivity contribution in [1.29, 1.82) is 0 Å². The number of nitrogens with one attached hydrogen (secondary N) is 2. The van der Waals surface area contributed by atoms with Gasteiger partial charge in [0, 0.05) is 13.1 Å². The molecule has 1 aromatic rings. The lowest BCUT2D eigenvalue weighted by Crippen LogP contribution is -2.29. The molecule has 1 aliphatic rings. The average Bonchev–Trinajstić information content (AvgIpc) is 2.99. The highest BCUT2D eigenvalue weighted by Gasteiger charge is 2.20. The van der Waals surface area contributed by atoms with E-state index in [2.05, 4.69) is 17.0 Å². The van der Waals surface area contributed by atoms with Crippen LogP contribution in [0.1, 0.15) is 25.3 Å². The predicted molar refractivity (Wildman–Crippen MR) is 89.1 cm³/mol. The van der Waals surface area contributed by atoms with Crippen LogP contribution >= 0.6 is 11.8 Å². The lowest BCUT2D eigenvalue weighted by molar-refractivity contribution is 0.545. The van der Waals surface area contributed by atoms with Gasteiger partial charge in [-0.3, -0.25) is 0 Å². The second-order valence-corrected chi connectivity index (χ2v) is 8.32. The van der Waals surface area contributed by atoms with Gasteiger partial charge < -0.3 is 5.32 Å². The zero-order valence-electron chi connectivity index (χ0n) is 12.5. The Morgan fingerprint density at radius 1 is 1.38 bits per heavy atom. The van der Waals surface area contributed by atoms with E-state index in [0.717, 1.165) is 36.5 Å². The van der Waals surface area contributed by atoms with Crippen LogP contribution in [0.4, 0.5) is 0 Å². The Hall–Kier alpha value is -0.560. The molecule has 0 bridgehead atoms. The van der Waals surface area contributed by atoms with Crippen molar-refractivity contribution in [1.82, 2.24) is 10.0 Å². The van der Waals surface area contributed by atoms with Crippen molar-refractivity contribution in [3.05, 3.63) is 29.8 Å². The van der Waals surface area contributed by atoms with Gasteiger partial charge in [-0.25, -0.2) is 13.1 Å². The summed E-state index contributed by atoms with van der Waals surface area (Å²) in [5, 5.41) is 3.29. The quantitative estimate of drug-likeness (QED) is 0.719. The molecule has 2 rings (SSSR count). The molecule has 6 heteroatoms. The molecule has 1 atom stereocenters. The van der Waals surface area contributed by atoms with Crippen LogP contribution in [0.2, 0.25) is 0 Å². The molecule has 1 heterocycles. The van der Waals surface area contributed by atoms with E-state index in [1.54, 1.807) is 12.1 Å². The molecule has 1 saturated heterocycles. The number of thioether (sulfide) groups is 1. The van der Waals surface area contributed by atoms with Gasteiger partial charge in [0.2, 0.25) is 10.0 Å². The summed E-state index contributed by atoms with van der Waals surface area (Å²) in [6.45, 7) is 4.30. The normalized spacial score (nSPS) is 19.0. The summed E-state index contributed by atoms with van der Waals surface area (Å²) < 4.78 is 27.4. The highest BCUT2D eigenvalue weighted by atomic mass is 32.2. The zero-order chi connectivity index (χ0) is 15.1. The van der Waals surface area contributed by atoms with Gasteiger partial charge >= 0.3 is 0 Å². The second kappa shape index (κ2) is 8.17. The summed E-state index contributed by atoms with van der Waals surface area (Å²) in [4.78, 5) is 0.365. The van der Waals surface area contributed by atoms with Crippen LogP contribution in [0.5, 0.6) is 0 Å². The van der Waals surface area contributed by atoms with Gasteiger partial charge in [-0.1, -0.05) is 19.1 Å². The summed E-state index contributed by atoms with van der Waals surface area (Å²) in [5.41, 5.74) is 1.00. The van der Waals surface area contributed by atoms with Gasteiger partial charge in [0.15, 0.2) is 0 Å². The van der Waals surface area contributed by atoms with Crippen LogP contribution in [0, 0.1) is 5.92 Å². The van der Waals surface area contributed by atoms with Crippen LogP contribution in [0.15, 0.2) is 29.2 Å². The van der Waals surface area contributed by atoms with Crippen molar-refractivity contribution >= 4 is 21.8 Å². The molecule has 21 heavy (non-hydrogen) atoms. The second-order valence-electron chi connectivity index (χ2n) is 5.41. The Bertz CT molecular complexity index is 540. The van der Waals surface area contributed by atoms with E-state index in [9.17, 15) is 8.42 Å². The Morgan fingerprint density at radius 3 is 2.95 bits per heavy atom. The molecule has 2 N–H and O–H groups in total. The third-order valence-electron chi connectivity index (χ3n) is 3.55. The fourth-order valence-electron chi connectivity index (χ4n) is 2.29. The van der Waals surface area contributed by atoms with Crippen LogP contribution in [0.25, 0.3) is 0 Å². The predicted octanol–water partition coefficient (Wildman–Crippen LogP) is 2.22. The van der Waals surface area contributed by atoms with E-state index < -0.39 is 10.0 Å². The van der Waals surface area contributed by atoms with Crippen molar-refractivity contribution in [2.45, 2.75) is 31.2 Å². The van der Waals surface area contributed by atoms with Crippen LogP contribution in [-0.2, 0) is 16.6 Å². The first-order valence-corrected chi connectivity index (χ1v) is 10.1. The molecule has 1 fully saturated rings. The van der Waals surface area contributed by atoms with Crippen LogP contribution in [-0.4, -0.2) is 33.0 Å². The third kappa shape index (κ3) is 5.29. The molecule has 0 saturated carbocycles. The first-order valence-electron chi connectivity index (χ1n) is 7.49. The number of hydrogen-bond acceptors (Lipinski definition) is 4. The maximum Gasteiger partial charge on any atom is 0.240 e. The summed E-state index contributed by atoms with van der Waals surface area (Å²) in [6, 6.07) is 7.18. The summed E-state index contributed by atoms with van der Waals surface area (Å²) in [7, 11) is -3.39. The molecule has 1 aromatic carbocycles. The number of benzene rings is 1. The number of hydrogen-bond donors (Lipinski definition) is 2. The fourth-order valence-corrected chi connectivity index (χ4v) is 4.76. The lowest BCUT2D eigenvalue weighted by atomic mass is 10.1. The van der Waals surface area contributed by atoms with Crippen molar-refractivity contribution in [3.8, 4) is 0 Å². The largest absolute Gasteiger partial charge is 0.313 e. The molecule has 0 aromatic heterocycles. The standard InChI is InChI=1S/C15H24N2O2S2/c1-2-7-16-10-13-4-3-5-15(9-13)21(18,19)17-11-14-6-8-20-12-14/h3-5,9,14,16-17H,2,6-8,10-12H2,1H3. The molecule has 4 nitrogen and oxygen atoms in total. The molecule has 1 aliphatic heterocycles. The Kier molecular flexibility index (Phi) is 6.54. The van der Waals surface area contributed by atoms with Crippen molar-refractivity contribution in [2.24, 2.45) is 5.92 Å². The molecular weight excluding hydrogens is 304 g/mol. The summed E-state index contributed by atoms with van der Waals surface area (Å²) in [5.74, 6) is 2.67. The van der Waals surface area contributed by atoms with E-state index >= 15 is 0 Å². The fraction of sp³-hybridized carbons (Fsp3) is 0.600. The Balaban J connectivity index is 1.96. The summed E-state index contributed by atoms with van der Waals surface area (Å²) >= 11 is 1.90. The summed E-state index contributed by atoms with van der Waals surface area (Å²) in [6.07, 6.45) is 2.17. The van der Waals surface area contributed by atoms with Crippen molar-refractivity contribution < 1.29 is 8.42 Å². The lowest BCUT2D eigenvalue weighted by Gasteiger charge is -2.12. The van der Waals surface area contributed by atoms with Crippen molar-refractivity contribution in [3.63, 3.8) is 0 Å². The van der Waals surface area contributed by atoms with E-state index in [0.29, 0.717) is 23.9 Å².